The van der Waals surface area contributed by atoms with Gasteiger partial charge in [0.2, 0.25) is 0 Å². The number of esters is 1. The SMILES string of the molecule is CCOC(=O)CCn1c2ccccc2c2cc(N=c3ssnc3Cl)ccc21. The van der Waals surface area contributed by atoms with Gasteiger partial charge in [0.25, 0.3) is 0 Å². The number of aromatic nitrogens is 2. The van der Waals surface area contributed by atoms with Gasteiger partial charge in [0.1, 0.15) is 0 Å². The van der Waals surface area contributed by atoms with Crippen molar-refractivity contribution in [3.05, 3.63) is 52.3 Å². The Morgan fingerprint density at radius 2 is 2.04 bits per heavy atom. The van der Waals surface area contributed by atoms with Gasteiger partial charge in [-0.15, -0.1) is 0 Å². The second kappa shape index (κ2) is 7.80. The highest BCUT2D eigenvalue weighted by molar-refractivity contribution is 7.66. The number of ether oxygens (including phenoxy) is 1. The number of hydrogen-bond acceptors (Lipinski definition) is 6. The molecule has 0 atom stereocenters. The van der Waals surface area contributed by atoms with Crippen molar-refractivity contribution >= 4 is 65.9 Å². The minimum atomic E-state index is -0.184. The summed E-state index contributed by atoms with van der Waals surface area (Å²) in [7, 11) is 2.78. The predicted molar refractivity (Wildman–Crippen MR) is 111 cm³/mol. The van der Waals surface area contributed by atoms with E-state index in [1.807, 2.05) is 31.2 Å². The number of carbonyl (C=O) groups is 1. The maximum absolute atomic E-state index is 11.8. The number of nitrogens with zero attached hydrogens (tertiary/aromatic N) is 3. The van der Waals surface area contributed by atoms with Crippen molar-refractivity contribution in [1.29, 1.82) is 0 Å². The minimum absolute atomic E-state index is 0.184. The summed E-state index contributed by atoms with van der Waals surface area (Å²) in [5.41, 5.74) is 2.99. The van der Waals surface area contributed by atoms with Gasteiger partial charge in [0, 0.05) is 38.9 Å². The van der Waals surface area contributed by atoms with Crippen LogP contribution in [0.15, 0.2) is 47.5 Å². The van der Waals surface area contributed by atoms with E-state index < -0.39 is 0 Å². The molecular formula is C19H16ClN3O2S2. The smallest absolute Gasteiger partial charge is 0.307 e. The molecule has 0 radical (unpaired) electrons. The van der Waals surface area contributed by atoms with Gasteiger partial charge < -0.3 is 9.30 Å². The molecule has 0 saturated heterocycles. The highest BCUT2D eigenvalue weighted by atomic mass is 35.5. The predicted octanol–water partition coefficient (Wildman–Crippen LogP) is 5.15. The number of carbonyl (C=O) groups excluding carboxylic acids is 1. The molecule has 2 heterocycles. The molecule has 4 aromatic rings. The van der Waals surface area contributed by atoms with Crippen molar-refractivity contribution in [2.45, 2.75) is 19.9 Å². The van der Waals surface area contributed by atoms with Crippen molar-refractivity contribution < 1.29 is 9.53 Å². The fourth-order valence-electron chi connectivity index (χ4n) is 3.13. The second-order valence-electron chi connectivity index (χ2n) is 5.88. The first-order chi connectivity index (χ1) is 13.2. The van der Waals surface area contributed by atoms with E-state index in [4.69, 9.17) is 16.3 Å². The Kier molecular flexibility index (Phi) is 5.24. The van der Waals surface area contributed by atoms with Crippen molar-refractivity contribution in [3.63, 3.8) is 0 Å². The number of rotatable bonds is 5. The summed E-state index contributed by atoms with van der Waals surface area (Å²) >= 11 is 6.07. The fourth-order valence-corrected chi connectivity index (χ4v) is 5.12. The van der Waals surface area contributed by atoms with Crippen LogP contribution in [0.1, 0.15) is 13.3 Å². The molecule has 4 rings (SSSR count). The number of fused-ring (bicyclic) bond motifs is 3. The number of hydrogen-bond donors (Lipinski definition) is 0. The van der Waals surface area contributed by atoms with Crippen molar-refractivity contribution in [2.24, 2.45) is 4.99 Å². The summed E-state index contributed by atoms with van der Waals surface area (Å²) < 4.78 is 12.0. The molecule has 0 aliphatic heterocycles. The van der Waals surface area contributed by atoms with Crippen LogP contribution < -0.4 is 4.67 Å². The molecular weight excluding hydrogens is 402 g/mol. The van der Waals surface area contributed by atoms with Crippen LogP contribution >= 0.6 is 32.5 Å². The molecule has 0 bridgehead atoms. The Hall–Kier alpha value is -2.22. The normalized spacial score (nSPS) is 12.1. The Bertz CT molecular complexity index is 1190. The van der Waals surface area contributed by atoms with E-state index in [2.05, 4.69) is 32.1 Å². The molecule has 0 fully saturated rings. The summed E-state index contributed by atoms with van der Waals surface area (Å²) in [5.74, 6) is -0.184. The van der Waals surface area contributed by atoms with Gasteiger partial charge in [-0.3, -0.25) is 4.79 Å². The number of aryl methyl sites for hydroxylation is 1. The molecule has 27 heavy (non-hydrogen) atoms. The van der Waals surface area contributed by atoms with Gasteiger partial charge >= 0.3 is 5.97 Å². The van der Waals surface area contributed by atoms with E-state index in [1.165, 1.54) is 20.9 Å². The number of para-hydroxylation sites is 1. The maximum atomic E-state index is 11.8. The van der Waals surface area contributed by atoms with Crippen molar-refractivity contribution in [3.8, 4) is 0 Å². The molecule has 2 aromatic carbocycles. The lowest BCUT2D eigenvalue weighted by Crippen LogP contribution is -2.08. The van der Waals surface area contributed by atoms with Gasteiger partial charge in [0.15, 0.2) is 9.82 Å². The van der Waals surface area contributed by atoms with Crippen LogP contribution in [-0.2, 0) is 16.1 Å². The van der Waals surface area contributed by atoms with E-state index in [9.17, 15) is 4.79 Å². The summed E-state index contributed by atoms with van der Waals surface area (Å²) in [5, 5.41) is 2.66. The third kappa shape index (κ3) is 3.63. The molecule has 5 nitrogen and oxygen atoms in total. The average Bonchev–Trinajstić information content (AvgIpc) is 3.21. The topological polar surface area (TPSA) is 56.5 Å². The Morgan fingerprint density at radius 3 is 2.81 bits per heavy atom. The lowest BCUT2D eigenvalue weighted by atomic mass is 10.1. The quantitative estimate of drug-likeness (QED) is 0.333. The molecule has 138 valence electrons. The first kappa shape index (κ1) is 18.2. The summed E-state index contributed by atoms with van der Waals surface area (Å²) in [6.07, 6.45) is 0.339. The van der Waals surface area contributed by atoms with Gasteiger partial charge in [-0.05, 0) is 41.5 Å². The highest BCUT2D eigenvalue weighted by Gasteiger charge is 2.12. The maximum Gasteiger partial charge on any atom is 0.307 e. The number of halogens is 1. The Balaban J connectivity index is 1.81. The molecule has 0 amide bonds. The summed E-state index contributed by atoms with van der Waals surface area (Å²) in [4.78, 5) is 16.4. The zero-order valence-electron chi connectivity index (χ0n) is 14.5. The van der Waals surface area contributed by atoms with Gasteiger partial charge in [-0.2, -0.15) is 4.37 Å². The largest absolute Gasteiger partial charge is 0.466 e. The first-order valence-corrected chi connectivity index (χ1v) is 11.0. The van der Waals surface area contributed by atoms with E-state index in [0.717, 1.165) is 27.5 Å². The van der Waals surface area contributed by atoms with Crippen LogP contribution in [-0.4, -0.2) is 21.5 Å². The van der Waals surface area contributed by atoms with E-state index >= 15 is 0 Å². The molecule has 0 spiro atoms. The summed E-state index contributed by atoms with van der Waals surface area (Å²) in [6.45, 7) is 2.79. The third-order valence-corrected chi connectivity index (χ3v) is 6.41. The molecule has 8 heteroatoms. The first-order valence-electron chi connectivity index (χ1n) is 8.50. The average molecular weight is 418 g/mol. The van der Waals surface area contributed by atoms with Crippen LogP contribution in [0.4, 0.5) is 5.69 Å². The highest BCUT2D eigenvalue weighted by Crippen LogP contribution is 2.32. The van der Waals surface area contributed by atoms with E-state index in [1.54, 1.807) is 0 Å². The molecule has 0 N–H and O–H groups in total. The molecule has 0 saturated carbocycles. The third-order valence-electron chi connectivity index (χ3n) is 4.24. The van der Waals surface area contributed by atoms with E-state index in [-0.39, 0.29) is 5.97 Å². The molecule has 2 aromatic heterocycles. The van der Waals surface area contributed by atoms with Crippen LogP contribution in [0.2, 0.25) is 5.15 Å². The zero-order chi connectivity index (χ0) is 18.8. The summed E-state index contributed by atoms with van der Waals surface area (Å²) in [6, 6.07) is 14.2. The zero-order valence-corrected chi connectivity index (χ0v) is 16.9. The molecule has 0 aliphatic rings. The monoisotopic (exact) mass is 417 g/mol. The lowest BCUT2D eigenvalue weighted by molar-refractivity contribution is -0.143. The standard InChI is InChI=1S/C19H16ClN3O2S2/c1-2-25-17(24)9-10-23-15-6-4-3-5-13(15)14-11-12(7-8-16(14)23)21-19-18(20)22-27-26-19/h3-8,11H,2,9-10H2,1H3. The fraction of sp³-hybridized carbons (Fsp3) is 0.211. The van der Waals surface area contributed by atoms with E-state index in [0.29, 0.717) is 29.4 Å². The molecule has 0 aliphatic carbocycles. The van der Waals surface area contributed by atoms with Crippen LogP contribution in [0.5, 0.6) is 0 Å². The molecule has 0 unspecified atom stereocenters. The Labute approximate surface area is 168 Å². The van der Waals surface area contributed by atoms with Gasteiger partial charge in [-0.1, -0.05) is 29.8 Å². The van der Waals surface area contributed by atoms with Crippen LogP contribution in [0, 0.1) is 0 Å². The van der Waals surface area contributed by atoms with Crippen molar-refractivity contribution in [1.82, 2.24) is 8.94 Å². The number of benzene rings is 2. The van der Waals surface area contributed by atoms with Crippen molar-refractivity contribution in [2.75, 3.05) is 6.61 Å². The van der Waals surface area contributed by atoms with Gasteiger partial charge in [-0.25, -0.2) is 4.99 Å². The van der Waals surface area contributed by atoms with Crippen LogP contribution in [0.3, 0.4) is 0 Å². The second-order valence-corrected chi connectivity index (χ2v) is 8.07. The van der Waals surface area contributed by atoms with Crippen LogP contribution in [0.25, 0.3) is 21.8 Å². The van der Waals surface area contributed by atoms with Gasteiger partial charge in [0.05, 0.1) is 18.7 Å². The lowest BCUT2D eigenvalue weighted by Gasteiger charge is -2.07. The Morgan fingerprint density at radius 1 is 1.22 bits per heavy atom. The minimum Gasteiger partial charge on any atom is -0.466 e.